The fraction of sp³-hybridized carbons (Fsp3) is 0.923. The smallest absolute Gasteiger partial charge is 0.326 e. The molecule has 1 atom stereocenters. The van der Waals surface area contributed by atoms with Crippen LogP contribution >= 0.6 is 0 Å². The van der Waals surface area contributed by atoms with E-state index in [-0.39, 0.29) is 18.5 Å². The van der Waals surface area contributed by atoms with Crippen molar-refractivity contribution in [1.82, 2.24) is 10.2 Å². The molecule has 1 heterocycles. The van der Waals surface area contributed by atoms with Crippen molar-refractivity contribution in [2.45, 2.75) is 69.8 Å². The van der Waals surface area contributed by atoms with Gasteiger partial charge in [-0.1, -0.05) is 12.8 Å². The normalized spacial score (nSPS) is 26.6. The standard InChI is InChI=1S/C13H21F3N2O/c1-10-17-12(6-2-3-7-12)11(19)18(10)9-5-4-8-13(14,15)16/h10,17H,2-9H2,1H3. The minimum atomic E-state index is -4.09. The molecular weight excluding hydrogens is 257 g/mol. The lowest BCUT2D eigenvalue weighted by Gasteiger charge is -2.22. The molecule has 110 valence electrons. The Morgan fingerprint density at radius 2 is 1.95 bits per heavy atom. The Hall–Kier alpha value is -0.780. The third kappa shape index (κ3) is 3.22. The molecular formula is C13H21F3N2O. The molecule has 1 amide bonds. The summed E-state index contributed by atoms with van der Waals surface area (Å²) in [6.07, 6.45) is -0.601. The number of carbonyl (C=O) groups excluding carboxylic acids is 1. The zero-order valence-electron chi connectivity index (χ0n) is 11.2. The summed E-state index contributed by atoms with van der Waals surface area (Å²) in [5, 5.41) is 3.34. The number of nitrogens with one attached hydrogen (secondary N) is 1. The van der Waals surface area contributed by atoms with Gasteiger partial charge in [0.2, 0.25) is 5.91 Å². The average molecular weight is 278 g/mol. The monoisotopic (exact) mass is 278 g/mol. The maximum atomic E-state index is 12.4. The number of unbranched alkanes of at least 4 members (excludes halogenated alkanes) is 1. The molecule has 2 rings (SSSR count). The van der Waals surface area contributed by atoms with Crippen molar-refractivity contribution >= 4 is 5.91 Å². The highest BCUT2D eigenvalue weighted by atomic mass is 19.4. The SMILES string of the molecule is CC1NC2(CCCC2)C(=O)N1CCCCC(F)(F)F. The molecule has 19 heavy (non-hydrogen) atoms. The van der Waals surface area contributed by atoms with Gasteiger partial charge in [-0.2, -0.15) is 13.2 Å². The van der Waals surface area contributed by atoms with Crippen molar-refractivity contribution in [1.29, 1.82) is 0 Å². The van der Waals surface area contributed by atoms with E-state index >= 15 is 0 Å². The average Bonchev–Trinajstić information content (AvgIpc) is 2.84. The number of hydrogen-bond donors (Lipinski definition) is 1. The number of halogens is 3. The molecule has 6 heteroatoms. The van der Waals surface area contributed by atoms with Gasteiger partial charge in [0.1, 0.15) is 0 Å². The number of hydrogen-bond acceptors (Lipinski definition) is 2. The Morgan fingerprint density at radius 3 is 2.53 bits per heavy atom. The Kier molecular flexibility index (Phi) is 4.08. The van der Waals surface area contributed by atoms with Gasteiger partial charge in [0.25, 0.3) is 0 Å². The topological polar surface area (TPSA) is 32.3 Å². The Morgan fingerprint density at radius 1 is 1.32 bits per heavy atom. The third-order valence-corrected chi connectivity index (χ3v) is 4.19. The molecule has 1 spiro atoms. The molecule has 2 fully saturated rings. The first kappa shape index (κ1) is 14.6. The zero-order chi connectivity index (χ0) is 14.1. The van der Waals surface area contributed by atoms with Gasteiger partial charge in [-0.15, -0.1) is 0 Å². The van der Waals surface area contributed by atoms with Crippen LogP contribution in [0.25, 0.3) is 0 Å². The van der Waals surface area contributed by atoms with Crippen LogP contribution in [-0.4, -0.2) is 35.2 Å². The lowest BCUT2D eigenvalue weighted by Crippen LogP contribution is -2.44. The maximum Gasteiger partial charge on any atom is 0.389 e. The van der Waals surface area contributed by atoms with E-state index < -0.39 is 18.1 Å². The van der Waals surface area contributed by atoms with Gasteiger partial charge in [-0.25, -0.2) is 0 Å². The van der Waals surface area contributed by atoms with E-state index in [1.807, 2.05) is 6.92 Å². The fourth-order valence-corrected chi connectivity index (χ4v) is 3.23. The van der Waals surface area contributed by atoms with Crippen molar-refractivity contribution in [2.75, 3.05) is 6.54 Å². The van der Waals surface area contributed by atoms with Crippen LogP contribution in [-0.2, 0) is 4.79 Å². The summed E-state index contributed by atoms with van der Waals surface area (Å²) in [7, 11) is 0. The second kappa shape index (κ2) is 5.31. The quantitative estimate of drug-likeness (QED) is 0.802. The first-order valence-electron chi connectivity index (χ1n) is 7.00. The van der Waals surface area contributed by atoms with E-state index in [1.165, 1.54) is 0 Å². The van der Waals surface area contributed by atoms with Crippen molar-refractivity contribution in [3.05, 3.63) is 0 Å². The van der Waals surface area contributed by atoms with Gasteiger partial charge >= 0.3 is 6.18 Å². The first-order valence-corrected chi connectivity index (χ1v) is 7.00. The Labute approximate surface area is 111 Å². The van der Waals surface area contributed by atoms with Crippen molar-refractivity contribution < 1.29 is 18.0 Å². The highest BCUT2D eigenvalue weighted by Crippen LogP contribution is 2.36. The summed E-state index contributed by atoms with van der Waals surface area (Å²) in [5.41, 5.74) is -0.413. The van der Waals surface area contributed by atoms with Crippen LogP contribution in [0.2, 0.25) is 0 Å². The van der Waals surface area contributed by atoms with Gasteiger partial charge in [0.05, 0.1) is 11.7 Å². The summed E-state index contributed by atoms with van der Waals surface area (Å²) < 4.78 is 36.2. The number of carbonyl (C=O) groups is 1. The van der Waals surface area contributed by atoms with E-state index in [2.05, 4.69) is 5.32 Å². The van der Waals surface area contributed by atoms with Crippen LogP contribution in [0.15, 0.2) is 0 Å². The van der Waals surface area contributed by atoms with E-state index in [1.54, 1.807) is 4.90 Å². The highest BCUT2D eigenvalue weighted by molar-refractivity contribution is 5.89. The number of nitrogens with zero attached hydrogens (tertiary/aromatic N) is 1. The summed E-state index contributed by atoms with van der Waals surface area (Å²) in [5.74, 6) is 0.0875. The molecule has 3 nitrogen and oxygen atoms in total. The van der Waals surface area contributed by atoms with Crippen molar-refractivity contribution in [3.63, 3.8) is 0 Å². The van der Waals surface area contributed by atoms with Crippen LogP contribution in [0.5, 0.6) is 0 Å². The molecule has 0 aromatic rings. The van der Waals surface area contributed by atoms with Crippen LogP contribution < -0.4 is 5.32 Å². The molecule has 0 aromatic heterocycles. The zero-order valence-corrected chi connectivity index (χ0v) is 11.2. The minimum absolute atomic E-state index is 0.0588. The summed E-state index contributed by atoms with van der Waals surface area (Å²) in [4.78, 5) is 14.1. The Balaban J connectivity index is 1.82. The summed E-state index contributed by atoms with van der Waals surface area (Å²) >= 11 is 0. The van der Waals surface area contributed by atoms with Gasteiger partial charge in [0, 0.05) is 13.0 Å². The molecule has 0 bridgehead atoms. The van der Waals surface area contributed by atoms with E-state index in [0.29, 0.717) is 13.0 Å². The predicted octanol–water partition coefficient (Wildman–Crippen LogP) is 2.81. The van der Waals surface area contributed by atoms with Gasteiger partial charge < -0.3 is 4.90 Å². The molecule has 1 saturated carbocycles. The van der Waals surface area contributed by atoms with Crippen LogP contribution in [0, 0.1) is 0 Å². The molecule has 1 unspecified atom stereocenters. The van der Waals surface area contributed by atoms with E-state index in [4.69, 9.17) is 0 Å². The maximum absolute atomic E-state index is 12.4. The second-order valence-electron chi connectivity index (χ2n) is 5.68. The number of amides is 1. The third-order valence-electron chi connectivity index (χ3n) is 4.19. The van der Waals surface area contributed by atoms with E-state index in [9.17, 15) is 18.0 Å². The molecule has 0 aromatic carbocycles. The van der Waals surface area contributed by atoms with Crippen LogP contribution in [0.1, 0.15) is 51.9 Å². The van der Waals surface area contributed by atoms with Crippen LogP contribution in [0.4, 0.5) is 13.2 Å². The molecule has 1 saturated heterocycles. The summed E-state index contributed by atoms with van der Waals surface area (Å²) in [6, 6.07) is 0. The lowest BCUT2D eigenvalue weighted by atomic mass is 9.98. The molecule has 2 aliphatic rings. The van der Waals surface area contributed by atoms with E-state index in [0.717, 1.165) is 25.7 Å². The van der Waals surface area contributed by atoms with Crippen LogP contribution in [0.3, 0.4) is 0 Å². The largest absolute Gasteiger partial charge is 0.389 e. The molecule has 1 aliphatic carbocycles. The Bertz CT molecular complexity index is 337. The van der Waals surface area contributed by atoms with Gasteiger partial charge in [-0.3, -0.25) is 10.1 Å². The van der Waals surface area contributed by atoms with Gasteiger partial charge in [0.15, 0.2) is 0 Å². The summed E-state index contributed by atoms with van der Waals surface area (Å²) in [6.45, 7) is 2.33. The molecule has 0 radical (unpaired) electrons. The fourth-order valence-electron chi connectivity index (χ4n) is 3.23. The van der Waals surface area contributed by atoms with Crippen molar-refractivity contribution in [2.24, 2.45) is 0 Å². The second-order valence-corrected chi connectivity index (χ2v) is 5.68. The van der Waals surface area contributed by atoms with Crippen molar-refractivity contribution in [3.8, 4) is 0 Å². The highest BCUT2D eigenvalue weighted by Gasteiger charge is 2.50. The van der Waals surface area contributed by atoms with Gasteiger partial charge in [-0.05, 0) is 32.6 Å². The molecule has 1 N–H and O–H groups in total. The minimum Gasteiger partial charge on any atom is -0.326 e. The first-order chi connectivity index (χ1) is 8.84. The molecule has 1 aliphatic heterocycles. The lowest BCUT2D eigenvalue weighted by molar-refractivity contribution is -0.136. The predicted molar refractivity (Wildman–Crippen MR) is 65.4 cm³/mol. The number of alkyl halides is 3. The number of rotatable bonds is 4.